The lowest BCUT2D eigenvalue weighted by molar-refractivity contribution is -0.0174. The first-order chi connectivity index (χ1) is 9.65. The van der Waals surface area contributed by atoms with Gasteiger partial charge < -0.3 is 5.32 Å². The highest BCUT2D eigenvalue weighted by atomic mass is 15.3. The maximum absolute atomic E-state index is 3.61. The second kappa shape index (κ2) is 6.17. The molecule has 0 spiro atoms. The maximum atomic E-state index is 3.61. The smallest absolute Gasteiger partial charge is 0.0277 e. The Morgan fingerprint density at radius 3 is 2.29 bits per heavy atom. The number of rotatable bonds is 2. The van der Waals surface area contributed by atoms with Crippen LogP contribution in [-0.2, 0) is 0 Å². The molecule has 3 heteroatoms. The van der Waals surface area contributed by atoms with Crippen molar-refractivity contribution in [1.29, 1.82) is 0 Å². The molecule has 2 fully saturated rings. The van der Waals surface area contributed by atoms with Crippen LogP contribution in [-0.4, -0.2) is 61.2 Å². The van der Waals surface area contributed by atoms with Crippen LogP contribution in [0.4, 0.5) is 0 Å². The summed E-state index contributed by atoms with van der Waals surface area (Å²) >= 11 is 0. The molecule has 1 aliphatic carbocycles. The molecule has 0 aromatic rings. The highest BCUT2D eigenvalue weighted by molar-refractivity contribution is 4.98. The summed E-state index contributed by atoms with van der Waals surface area (Å²) in [6, 6.07) is 1.38. The third kappa shape index (κ3) is 3.80. The van der Waals surface area contributed by atoms with Crippen LogP contribution in [0.2, 0.25) is 0 Å². The Labute approximate surface area is 132 Å². The van der Waals surface area contributed by atoms with Crippen molar-refractivity contribution in [3.8, 4) is 0 Å². The summed E-state index contributed by atoms with van der Waals surface area (Å²) in [5.74, 6) is 0.856. The summed E-state index contributed by atoms with van der Waals surface area (Å²) in [5.41, 5.74) is 0.740. The van der Waals surface area contributed by atoms with Crippen molar-refractivity contribution in [2.75, 3.05) is 33.7 Å². The van der Waals surface area contributed by atoms with E-state index in [0.29, 0.717) is 23.0 Å². The van der Waals surface area contributed by atoms with Gasteiger partial charge in [-0.25, -0.2) is 0 Å². The van der Waals surface area contributed by atoms with E-state index in [1.807, 2.05) is 0 Å². The molecule has 1 heterocycles. The Balaban J connectivity index is 2.11. The molecule has 1 N–H and O–H groups in total. The minimum absolute atomic E-state index is 0.297. The third-order valence-corrected chi connectivity index (χ3v) is 6.23. The van der Waals surface area contributed by atoms with E-state index in [-0.39, 0.29) is 0 Å². The quantitative estimate of drug-likeness (QED) is 0.845. The number of piperazine rings is 1. The average Bonchev–Trinajstić information content (AvgIpc) is 2.40. The maximum Gasteiger partial charge on any atom is 0.0277 e. The molecule has 1 saturated heterocycles. The largest absolute Gasteiger partial charge is 0.315 e. The van der Waals surface area contributed by atoms with Crippen LogP contribution in [0.5, 0.6) is 0 Å². The summed E-state index contributed by atoms with van der Waals surface area (Å²) in [4.78, 5) is 5.29. The minimum atomic E-state index is 0.297. The Bertz CT molecular complexity index is 345. The molecule has 3 unspecified atom stereocenters. The lowest BCUT2D eigenvalue weighted by atomic mass is 9.69. The predicted molar refractivity (Wildman–Crippen MR) is 91.7 cm³/mol. The lowest BCUT2D eigenvalue weighted by Gasteiger charge is -2.52. The molecule has 0 bridgehead atoms. The fraction of sp³-hybridized carbons (Fsp3) is 1.00. The number of nitrogens with zero attached hydrogens (tertiary/aromatic N) is 2. The van der Waals surface area contributed by atoms with E-state index >= 15 is 0 Å². The first-order valence-electron chi connectivity index (χ1n) is 8.77. The fourth-order valence-electron chi connectivity index (χ4n) is 4.23. The predicted octanol–water partition coefficient (Wildman–Crippen LogP) is 2.82. The van der Waals surface area contributed by atoms with E-state index in [4.69, 9.17) is 0 Å². The van der Waals surface area contributed by atoms with E-state index < -0.39 is 0 Å². The van der Waals surface area contributed by atoms with Crippen molar-refractivity contribution in [2.45, 2.75) is 71.5 Å². The van der Waals surface area contributed by atoms with Crippen molar-refractivity contribution in [1.82, 2.24) is 15.1 Å². The summed E-state index contributed by atoms with van der Waals surface area (Å²) in [5, 5.41) is 3.61. The van der Waals surface area contributed by atoms with E-state index in [2.05, 4.69) is 63.8 Å². The molecule has 2 rings (SSSR count). The van der Waals surface area contributed by atoms with Crippen LogP contribution < -0.4 is 5.32 Å². The van der Waals surface area contributed by atoms with Gasteiger partial charge in [-0.15, -0.1) is 0 Å². The number of likely N-dealkylation sites (N-methyl/N-ethyl adjacent to an activating group) is 2. The SMILES string of the molecule is CNC1CCC(C(C)(C)C)CC1N1CCN(C)C(C)(C)C1. The van der Waals surface area contributed by atoms with E-state index in [9.17, 15) is 0 Å². The van der Waals surface area contributed by atoms with E-state index in [1.165, 1.54) is 38.9 Å². The zero-order chi connectivity index (χ0) is 15.8. The standard InChI is InChI=1S/C18H37N3/c1-17(2,3)14-8-9-15(19-6)16(12-14)21-11-10-20(7)18(4,5)13-21/h14-16,19H,8-13H2,1-7H3. The van der Waals surface area contributed by atoms with Crippen molar-refractivity contribution < 1.29 is 0 Å². The van der Waals surface area contributed by atoms with Gasteiger partial charge in [-0.3, -0.25) is 9.80 Å². The van der Waals surface area contributed by atoms with Crippen molar-refractivity contribution in [3.63, 3.8) is 0 Å². The van der Waals surface area contributed by atoms with E-state index in [1.54, 1.807) is 0 Å². The van der Waals surface area contributed by atoms with Gasteiger partial charge in [0.15, 0.2) is 0 Å². The summed E-state index contributed by atoms with van der Waals surface area (Å²) in [6.45, 7) is 15.6. The fourth-order valence-corrected chi connectivity index (χ4v) is 4.23. The number of hydrogen-bond donors (Lipinski definition) is 1. The zero-order valence-electron chi connectivity index (χ0n) is 15.4. The molecule has 1 aliphatic heterocycles. The Morgan fingerprint density at radius 1 is 1.10 bits per heavy atom. The van der Waals surface area contributed by atoms with Crippen LogP contribution >= 0.6 is 0 Å². The van der Waals surface area contributed by atoms with Crippen molar-refractivity contribution in [3.05, 3.63) is 0 Å². The second-order valence-corrected chi connectivity index (χ2v) is 9.04. The van der Waals surface area contributed by atoms with Gasteiger partial charge in [-0.1, -0.05) is 20.8 Å². The van der Waals surface area contributed by atoms with Gasteiger partial charge in [0.2, 0.25) is 0 Å². The van der Waals surface area contributed by atoms with Crippen LogP contribution in [0.1, 0.15) is 53.9 Å². The monoisotopic (exact) mass is 295 g/mol. The molecule has 3 atom stereocenters. The molecule has 0 aromatic heterocycles. The molecule has 124 valence electrons. The van der Waals surface area contributed by atoms with Gasteiger partial charge in [-0.05, 0) is 58.5 Å². The molecule has 2 aliphatic rings. The minimum Gasteiger partial charge on any atom is -0.315 e. The molecule has 21 heavy (non-hydrogen) atoms. The molecule has 0 amide bonds. The van der Waals surface area contributed by atoms with Gasteiger partial charge in [0, 0.05) is 37.3 Å². The van der Waals surface area contributed by atoms with Gasteiger partial charge >= 0.3 is 0 Å². The Hall–Kier alpha value is -0.120. The normalized spacial score (nSPS) is 35.9. The topological polar surface area (TPSA) is 18.5 Å². The molecule has 0 radical (unpaired) electrons. The first kappa shape index (κ1) is 17.2. The van der Waals surface area contributed by atoms with Crippen LogP contribution in [0.3, 0.4) is 0 Å². The third-order valence-electron chi connectivity index (χ3n) is 6.23. The molecular formula is C18H37N3. The second-order valence-electron chi connectivity index (χ2n) is 9.04. The molecule has 3 nitrogen and oxygen atoms in total. The zero-order valence-corrected chi connectivity index (χ0v) is 15.4. The highest BCUT2D eigenvalue weighted by Gasteiger charge is 2.41. The van der Waals surface area contributed by atoms with E-state index in [0.717, 1.165) is 5.92 Å². The van der Waals surface area contributed by atoms with Crippen LogP contribution in [0, 0.1) is 11.3 Å². The number of hydrogen-bond acceptors (Lipinski definition) is 3. The molecule has 0 aromatic carbocycles. The average molecular weight is 296 g/mol. The van der Waals surface area contributed by atoms with Crippen molar-refractivity contribution >= 4 is 0 Å². The number of nitrogens with one attached hydrogen (secondary N) is 1. The Morgan fingerprint density at radius 2 is 1.76 bits per heavy atom. The Kier molecular flexibility index (Phi) is 5.07. The summed E-state index contributed by atoms with van der Waals surface area (Å²) < 4.78 is 0. The van der Waals surface area contributed by atoms with Crippen LogP contribution in [0.25, 0.3) is 0 Å². The molecular weight excluding hydrogens is 258 g/mol. The first-order valence-corrected chi connectivity index (χ1v) is 8.77. The van der Waals surface area contributed by atoms with Gasteiger partial charge in [0.1, 0.15) is 0 Å². The van der Waals surface area contributed by atoms with Gasteiger partial charge in [-0.2, -0.15) is 0 Å². The molecule has 1 saturated carbocycles. The van der Waals surface area contributed by atoms with Crippen LogP contribution in [0.15, 0.2) is 0 Å². The lowest BCUT2D eigenvalue weighted by Crippen LogP contribution is -2.64. The summed E-state index contributed by atoms with van der Waals surface area (Å²) in [6.07, 6.45) is 4.06. The van der Waals surface area contributed by atoms with Crippen molar-refractivity contribution in [2.24, 2.45) is 11.3 Å². The van der Waals surface area contributed by atoms with Gasteiger partial charge in [0.25, 0.3) is 0 Å². The summed E-state index contributed by atoms with van der Waals surface area (Å²) in [7, 11) is 4.42. The highest BCUT2D eigenvalue weighted by Crippen LogP contribution is 2.40. The van der Waals surface area contributed by atoms with Gasteiger partial charge in [0.05, 0.1) is 0 Å².